The van der Waals surface area contributed by atoms with E-state index < -0.39 is 49.5 Å². The quantitative estimate of drug-likeness (QED) is 0.0261. The van der Waals surface area contributed by atoms with Crippen molar-refractivity contribution in [2.75, 3.05) is 13.2 Å². The van der Waals surface area contributed by atoms with E-state index in [1.807, 2.05) is 6.08 Å². The third-order valence-electron chi connectivity index (χ3n) is 15.9. The summed E-state index contributed by atoms with van der Waals surface area (Å²) in [6.07, 6.45) is 91.2. The second-order valence-electron chi connectivity index (χ2n) is 23.9. The number of allylic oxidation sites excluding steroid dienone is 21. The van der Waals surface area contributed by atoms with Crippen LogP contribution in [0.2, 0.25) is 0 Å². The number of carbonyl (C=O) groups excluding carboxylic acids is 1. The van der Waals surface area contributed by atoms with Gasteiger partial charge < -0.3 is 40.3 Å². The minimum atomic E-state index is -1.59. The Bertz CT molecular complexity index is 1820. The molecule has 0 aliphatic carbocycles. The zero-order chi connectivity index (χ0) is 62.1. The van der Waals surface area contributed by atoms with E-state index in [1.54, 1.807) is 6.08 Å². The molecule has 1 rings (SSSR count). The van der Waals surface area contributed by atoms with Crippen molar-refractivity contribution in [3.63, 3.8) is 0 Å². The van der Waals surface area contributed by atoms with Crippen LogP contribution in [0.25, 0.3) is 0 Å². The first-order chi connectivity index (χ1) is 42.3. The zero-order valence-electron chi connectivity index (χ0n) is 55.0. The topological polar surface area (TPSA) is 149 Å². The summed E-state index contributed by atoms with van der Waals surface area (Å²) < 4.78 is 11.3. The Hall–Kier alpha value is -3.67. The highest BCUT2D eigenvalue weighted by molar-refractivity contribution is 5.76. The fourth-order valence-corrected chi connectivity index (χ4v) is 10.4. The Balaban J connectivity index is 2.20. The average molecular weight is 1200 g/mol. The van der Waals surface area contributed by atoms with Crippen molar-refractivity contribution in [1.29, 1.82) is 0 Å². The summed E-state index contributed by atoms with van der Waals surface area (Å²) in [4.78, 5) is 13.1. The van der Waals surface area contributed by atoms with Gasteiger partial charge in [-0.3, -0.25) is 4.79 Å². The molecule has 0 radical (unpaired) electrons. The number of unbranched alkanes of at least 4 members (excludes halogenated alkanes) is 30. The molecule has 6 N–H and O–H groups in total. The molecule has 492 valence electrons. The summed E-state index contributed by atoms with van der Waals surface area (Å²) in [5, 5.41) is 54.7. The van der Waals surface area contributed by atoms with Crippen LogP contribution < -0.4 is 5.32 Å². The van der Waals surface area contributed by atoms with Gasteiger partial charge in [0.2, 0.25) is 5.91 Å². The zero-order valence-corrected chi connectivity index (χ0v) is 55.0. The fourth-order valence-electron chi connectivity index (χ4n) is 10.4. The SMILES string of the molecule is CC/C=C\C/C=C\C/C=C\C/C=C\C/C=C\C/C=C\C/C=C\C/C=C\CCCCCCCCCCC(=O)NC(COC1OC(CO)C(O)C(O)C1O)C(O)/C=C/CC/C=C/CC/C=C/CCCCCCCCCCCCCCCCCCCCCC. The molecule has 1 heterocycles. The molecule has 1 saturated heterocycles. The van der Waals surface area contributed by atoms with Crippen molar-refractivity contribution >= 4 is 5.91 Å². The first-order valence-corrected chi connectivity index (χ1v) is 35.4. The molecule has 0 bridgehead atoms. The molecule has 7 unspecified atom stereocenters. The van der Waals surface area contributed by atoms with Crippen LogP contribution in [0.15, 0.2) is 134 Å². The molecule has 1 aliphatic heterocycles. The van der Waals surface area contributed by atoms with Crippen LogP contribution in [-0.2, 0) is 14.3 Å². The summed E-state index contributed by atoms with van der Waals surface area (Å²) in [5.74, 6) is -0.203. The van der Waals surface area contributed by atoms with Crippen LogP contribution in [-0.4, -0.2) is 87.5 Å². The lowest BCUT2D eigenvalue weighted by molar-refractivity contribution is -0.302. The smallest absolute Gasteiger partial charge is 0.220 e. The van der Waals surface area contributed by atoms with Crippen LogP contribution in [0.4, 0.5) is 0 Å². The lowest BCUT2D eigenvalue weighted by Crippen LogP contribution is -2.60. The molecule has 0 saturated carbocycles. The van der Waals surface area contributed by atoms with Gasteiger partial charge in [-0.05, 0) is 109 Å². The van der Waals surface area contributed by atoms with Crippen molar-refractivity contribution in [3.05, 3.63) is 134 Å². The third kappa shape index (κ3) is 52.3. The average Bonchev–Trinajstić information content (AvgIpc) is 2.60. The van der Waals surface area contributed by atoms with Gasteiger partial charge in [-0.25, -0.2) is 0 Å². The number of carbonyl (C=O) groups is 1. The molecule has 7 atom stereocenters. The molecule has 9 nitrogen and oxygen atoms in total. The maximum atomic E-state index is 13.1. The predicted octanol–water partition coefficient (Wildman–Crippen LogP) is 19.6. The van der Waals surface area contributed by atoms with E-state index in [0.717, 1.165) is 116 Å². The Labute approximate surface area is 528 Å². The van der Waals surface area contributed by atoms with E-state index in [-0.39, 0.29) is 12.5 Å². The number of nitrogens with one attached hydrogen (secondary N) is 1. The number of ether oxygens (including phenoxy) is 2. The largest absolute Gasteiger partial charge is 0.394 e. The summed E-state index contributed by atoms with van der Waals surface area (Å²) in [7, 11) is 0. The van der Waals surface area contributed by atoms with E-state index in [0.29, 0.717) is 6.42 Å². The van der Waals surface area contributed by atoms with Crippen LogP contribution in [0, 0.1) is 0 Å². The molecule has 0 aromatic heterocycles. The summed E-state index contributed by atoms with van der Waals surface area (Å²) >= 11 is 0. The molecule has 1 fully saturated rings. The highest BCUT2D eigenvalue weighted by Crippen LogP contribution is 2.23. The minimum Gasteiger partial charge on any atom is -0.394 e. The normalized spacial score (nSPS) is 18.9. The van der Waals surface area contributed by atoms with Gasteiger partial charge in [0.1, 0.15) is 24.4 Å². The first kappa shape index (κ1) is 80.3. The summed E-state index contributed by atoms with van der Waals surface area (Å²) in [6, 6.07) is -0.845. The summed E-state index contributed by atoms with van der Waals surface area (Å²) in [5.41, 5.74) is 0. The van der Waals surface area contributed by atoms with Crippen molar-refractivity contribution in [2.45, 2.75) is 333 Å². The van der Waals surface area contributed by atoms with Crippen molar-refractivity contribution in [3.8, 4) is 0 Å². The molecule has 0 spiro atoms. The predicted molar refractivity (Wildman–Crippen MR) is 368 cm³/mol. The Kier molecular flexibility index (Phi) is 60.1. The number of aliphatic hydroxyl groups is 5. The number of amides is 1. The van der Waals surface area contributed by atoms with Crippen molar-refractivity contribution in [1.82, 2.24) is 5.32 Å². The Morgan fingerprint density at radius 1 is 0.407 bits per heavy atom. The van der Waals surface area contributed by atoms with Gasteiger partial charge in [0.05, 0.1) is 25.4 Å². The van der Waals surface area contributed by atoms with E-state index >= 15 is 0 Å². The van der Waals surface area contributed by atoms with E-state index in [9.17, 15) is 30.3 Å². The first-order valence-electron chi connectivity index (χ1n) is 35.4. The number of rotatable bonds is 60. The maximum Gasteiger partial charge on any atom is 0.220 e. The Morgan fingerprint density at radius 3 is 1.12 bits per heavy atom. The lowest BCUT2D eigenvalue weighted by atomic mass is 9.99. The van der Waals surface area contributed by atoms with Crippen LogP contribution in [0.5, 0.6) is 0 Å². The number of hydrogen-bond acceptors (Lipinski definition) is 8. The van der Waals surface area contributed by atoms with Crippen molar-refractivity contribution < 1.29 is 39.8 Å². The summed E-state index contributed by atoms with van der Waals surface area (Å²) in [6.45, 7) is 3.66. The molecular weight excluding hydrogens is 1070 g/mol. The molecule has 86 heavy (non-hydrogen) atoms. The molecule has 0 aromatic carbocycles. The van der Waals surface area contributed by atoms with Crippen LogP contribution >= 0.6 is 0 Å². The van der Waals surface area contributed by atoms with Gasteiger partial charge in [-0.15, -0.1) is 0 Å². The van der Waals surface area contributed by atoms with Crippen LogP contribution in [0.1, 0.15) is 290 Å². The standard InChI is InChI=1S/C77H131NO8/c1-3-5-7-9-11-13-15-17-19-21-23-25-27-29-31-33-35-36-37-39-41-43-45-47-49-51-53-55-57-59-61-63-65-67-73(81)78-70(69-85-77-76(84)75(83)74(82)72(68-79)86-77)71(80)66-64-62-60-58-56-54-52-50-48-46-44-42-40-38-34-32-30-28-26-24-22-20-18-16-14-12-10-8-6-4-2/h5,7,11,13,17,19,23,25,29,31,35-36,39,41,45,47-48,50,56,58,64,66,70-72,74-77,79-80,82-84H,3-4,6,8-10,12,14-16,18,20-22,24,26-28,30,32-34,37-38,40,42-44,46,49,51-55,57,59-63,65,67-69H2,1-2H3,(H,78,81)/b7-5-,13-11-,19-17-,25-23-,31-29-,36-35-,41-39-,47-45-,50-48+,58-56+,66-64+. The van der Waals surface area contributed by atoms with Crippen molar-refractivity contribution in [2.24, 2.45) is 0 Å². The van der Waals surface area contributed by atoms with E-state index in [2.05, 4.69) is 141 Å². The lowest BCUT2D eigenvalue weighted by Gasteiger charge is -2.40. The van der Waals surface area contributed by atoms with Gasteiger partial charge in [-0.1, -0.05) is 308 Å². The molecular formula is C77H131NO8. The number of hydrogen-bond donors (Lipinski definition) is 6. The van der Waals surface area contributed by atoms with Gasteiger partial charge >= 0.3 is 0 Å². The van der Waals surface area contributed by atoms with Gasteiger partial charge in [-0.2, -0.15) is 0 Å². The molecule has 0 aromatic rings. The second kappa shape index (κ2) is 64.3. The van der Waals surface area contributed by atoms with E-state index in [1.165, 1.54) is 154 Å². The van der Waals surface area contributed by atoms with Gasteiger partial charge in [0.15, 0.2) is 6.29 Å². The number of aliphatic hydroxyl groups excluding tert-OH is 5. The van der Waals surface area contributed by atoms with Gasteiger partial charge in [0.25, 0.3) is 0 Å². The molecule has 1 amide bonds. The van der Waals surface area contributed by atoms with E-state index in [4.69, 9.17) is 9.47 Å². The minimum absolute atomic E-state index is 0.203. The Morgan fingerprint density at radius 2 is 0.733 bits per heavy atom. The maximum absolute atomic E-state index is 13.1. The van der Waals surface area contributed by atoms with Crippen LogP contribution in [0.3, 0.4) is 0 Å². The third-order valence-corrected chi connectivity index (χ3v) is 15.9. The molecule has 9 heteroatoms. The highest BCUT2D eigenvalue weighted by atomic mass is 16.7. The fraction of sp³-hybridized carbons (Fsp3) is 0.701. The molecule has 1 aliphatic rings. The van der Waals surface area contributed by atoms with Gasteiger partial charge in [0, 0.05) is 6.42 Å². The second-order valence-corrected chi connectivity index (χ2v) is 23.9. The monoisotopic (exact) mass is 1200 g/mol. The highest BCUT2D eigenvalue weighted by Gasteiger charge is 2.44.